The molecule has 0 radical (unpaired) electrons. The molecule has 12 aromatic rings. The summed E-state index contributed by atoms with van der Waals surface area (Å²) in [6, 6.07) is 63.9. The minimum atomic E-state index is -1.39. The Kier molecular flexibility index (Phi) is 26.5. The molecule has 0 saturated heterocycles. The molecule has 9 aliphatic carbocycles. The van der Waals surface area contributed by atoms with E-state index in [9.17, 15) is 0 Å². The van der Waals surface area contributed by atoms with Gasteiger partial charge in [0.1, 0.15) is 28.2 Å². The number of hydrogen-bond acceptors (Lipinski definition) is 0. The van der Waals surface area contributed by atoms with Crippen LogP contribution in [0, 0.1) is 34.6 Å². The molecule has 0 atom stereocenters. The Morgan fingerprint density at radius 3 is 0.780 bits per heavy atom. The first kappa shape index (κ1) is 89.8. The van der Waals surface area contributed by atoms with Crippen molar-refractivity contribution in [1.82, 2.24) is 0 Å². The molecule has 0 bridgehead atoms. The third kappa shape index (κ3) is 18.0. The van der Waals surface area contributed by atoms with Gasteiger partial charge in [-0.25, -0.2) is 18.3 Å². The summed E-state index contributed by atoms with van der Waals surface area (Å²) in [5.74, 6) is 3.77. The summed E-state index contributed by atoms with van der Waals surface area (Å²) in [5.41, 5.74) is 30.3. The molecular weight excluding hydrogens is 1600 g/mol. The van der Waals surface area contributed by atoms with Gasteiger partial charge < -0.3 is 0 Å². The van der Waals surface area contributed by atoms with Gasteiger partial charge in [-0.15, -0.1) is 0 Å². The molecule has 8 aromatic carbocycles. The van der Waals surface area contributed by atoms with Gasteiger partial charge in [-0.2, -0.15) is 0 Å². The Bertz CT molecular complexity index is 6030. The Labute approximate surface area is 770 Å². The van der Waals surface area contributed by atoms with E-state index in [-0.39, 0.29) is 0 Å². The van der Waals surface area contributed by atoms with Crippen LogP contribution in [0.2, 0.25) is 74.5 Å². The minimum absolute atomic E-state index is 0.745. The van der Waals surface area contributed by atoms with Gasteiger partial charge in [0, 0.05) is 35.4 Å². The summed E-state index contributed by atoms with van der Waals surface area (Å²) in [7, 11) is 3.38. The average Bonchev–Trinajstić information content (AvgIpc) is 1.34. The van der Waals surface area contributed by atoms with Gasteiger partial charge in [-0.3, -0.25) is 0 Å². The predicted molar refractivity (Wildman–Crippen MR) is 555 cm³/mol. The van der Waals surface area contributed by atoms with Crippen molar-refractivity contribution in [2.24, 2.45) is 28.2 Å². The summed E-state index contributed by atoms with van der Waals surface area (Å²) in [5, 5.41) is 17.9. The van der Waals surface area contributed by atoms with Gasteiger partial charge in [0.2, 0.25) is 22.8 Å². The molecule has 9 fully saturated rings. The van der Waals surface area contributed by atoms with Crippen LogP contribution < -0.4 is 39.0 Å². The van der Waals surface area contributed by atoms with Crippen molar-refractivity contribution in [3.63, 3.8) is 0 Å². The summed E-state index contributed by atoms with van der Waals surface area (Å²) < 4.78 is 9.41. The van der Waals surface area contributed by atoms with E-state index < -0.39 is 32.3 Å². The zero-order valence-electron chi connectivity index (χ0n) is 81.6. The number of aromatic nitrogens is 4. The van der Waals surface area contributed by atoms with Gasteiger partial charge in [0.15, 0.2) is 24.8 Å². The Balaban J connectivity index is 0.000000115. The Hall–Kier alpha value is -7.73. The number of nitrogens with zero attached hydrogens (tertiary/aromatic N) is 4. The second-order valence-electron chi connectivity index (χ2n) is 44.9. The third-order valence-corrected chi connectivity index (χ3v) is 53.8. The fraction of sp³-hybridized carbons (Fsp3) is 0.496. The molecule has 4 heterocycles. The summed E-state index contributed by atoms with van der Waals surface area (Å²) in [4.78, 5) is 0. The van der Waals surface area contributed by atoms with Crippen LogP contribution in [0.15, 0.2) is 183 Å². The molecule has 0 N–H and O–H groups in total. The number of benzene rings is 8. The molecule has 664 valence electrons. The highest BCUT2D eigenvalue weighted by Crippen LogP contribution is 2.50. The van der Waals surface area contributed by atoms with Crippen molar-refractivity contribution in [2.45, 2.75) is 351 Å². The third-order valence-electron chi connectivity index (χ3n) is 36.1. The van der Waals surface area contributed by atoms with Crippen LogP contribution in [0.4, 0.5) is 0 Å². The summed E-state index contributed by atoms with van der Waals surface area (Å²) >= 11 is 0. The van der Waals surface area contributed by atoms with E-state index >= 15 is 0 Å². The lowest BCUT2D eigenvalue weighted by molar-refractivity contribution is -0.659. The zero-order chi connectivity index (χ0) is 88.4. The van der Waals surface area contributed by atoms with E-state index in [2.05, 4.69) is 316 Å². The first-order valence-corrected chi connectivity index (χ1v) is 63.7. The topological polar surface area (TPSA) is 15.5 Å². The first-order chi connectivity index (χ1) is 61.2. The van der Waals surface area contributed by atoms with Crippen LogP contribution >= 0.6 is 0 Å². The van der Waals surface area contributed by atoms with Crippen LogP contribution in [-0.2, 0) is 28.2 Å². The highest BCUT2D eigenvalue weighted by Gasteiger charge is 2.43. The van der Waals surface area contributed by atoms with Gasteiger partial charge in [0.05, 0.1) is 65.0 Å². The van der Waals surface area contributed by atoms with Crippen molar-refractivity contribution >= 4 is 96.1 Å². The molecule has 127 heavy (non-hydrogen) atoms. The number of hydrogen-bond donors (Lipinski definition) is 0. The summed E-state index contributed by atoms with van der Waals surface area (Å²) in [6.45, 7) is 32.3. The fourth-order valence-electron chi connectivity index (χ4n) is 25.7. The molecule has 4 nitrogen and oxygen atoms in total. The lowest BCUT2D eigenvalue weighted by atomic mass is 9.82. The van der Waals surface area contributed by atoms with Crippen molar-refractivity contribution in [3.05, 3.63) is 238 Å². The largest absolute Gasteiger partial charge is 0.220 e. The normalized spacial score (nSPS) is 18.7. The van der Waals surface area contributed by atoms with E-state index in [1.165, 1.54) is 328 Å². The van der Waals surface area contributed by atoms with E-state index in [4.69, 9.17) is 0 Å². The highest BCUT2D eigenvalue weighted by molar-refractivity contribution is 6.92. The maximum absolute atomic E-state index is 2.64. The highest BCUT2D eigenvalue weighted by atomic mass is 28.3. The lowest BCUT2D eigenvalue weighted by Gasteiger charge is -2.39. The summed E-state index contributed by atoms with van der Waals surface area (Å²) in [6.07, 6.45) is 55.4. The van der Waals surface area contributed by atoms with E-state index in [1.807, 2.05) is 0 Å². The number of aryl methyl sites for hydroxylation is 7. The maximum atomic E-state index is 2.64. The fourth-order valence-corrected chi connectivity index (χ4v) is 39.1. The molecule has 4 aromatic heterocycles. The number of fused-ring (bicyclic) bond motifs is 4. The molecule has 0 spiro atoms. The zero-order valence-corrected chi connectivity index (χ0v) is 85.6. The predicted octanol–water partition coefficient (Wildman–Crippen LogP) is 29.4. The monoisotopic (exact) mass is 1750 g/mol. The molecule has 9 saturated carbocycles. The molecule has 0 unspecified atom stereocenters. The quantitative estimate of drug-likeness (QED) is 0.0638. The van der Waals surface area contributed by atoms with E-state index in [0.717, 1.165) is 51.8 Å². The van der Waals surface area contributed by atoms with Crippen LogP contribution in [-0.4, -0.2) is 32.3 Å². The maximum Gasteiger partial charge on any atom is 0.220 e. The molecule has 21 rings (SSSR count). The van der Waals surface area contributed by atoms with Crippen molar-refractivity contribution in [3.8, 4) is 45.0 Å². The Morgan fingerprint density at radius 1 is 0.220 bits per heavy atom. The Morgan fingerprint density at radius 2 is 0.480 bits per heavy atom. The lowest BCUT2D eigenvalue weighted by Crippen LogP contribution is -2.48. The smallest absolute Gasteiger partial charge is 0.200 e. The SMILES string of the molecule is Cc1c(-c2c3ccc([Si](C)(C)C4CCC4)cc3cc[n+]2C)cc(C2CCCC2)cc1C1CCCC1.Cc1cc(C2CCCC2)cc(-c2c3ccc([Si](C)(C)C4CCC4)cc3cc[n+]2C)c1C.Cc1ccc(C2CCCC2)cc1-c1c2ccc([Si](C)(C)C3CCC3)cc2cc[n+]1C.Cc1ccc(C2CCCCC2)cc1-c1c2ccc([Si](C)(C)C3CCC3)cc2cc[n+]1C. The average molecular weight is 1750 g/mol. The van der Waals surface area contributed by atoms with Crippen LogP contribution in [0.1, 0.15) is 297 Å². The molecular formula is C119H156N4Si4+4. The number of rotatable bonds is 17. The van der Waals surface area contributed by atoms with Crippen molar-refractivity contribution in [2.75, 3.05) is 0 Å². The van der Waals surface area contributed by atoms with Gasteiger partial charge in [0.25, 0.3) is 0 Å². The van der Waals surface area contributed by atoms with Crippen LogP contribution in [0.5, 0.6) is 0 Å². The van der Waals surface area contributed by atoms with Gasteiger partial charge in [-0.05, 0) is 276 Å². The second-order valence-corrected chi connectivity index (χ2v) is 64.3. The van der Waals surface area contributed by atoms with Gasteiger partial charge >= 0.3 is 0 Å². The molecule has 0 amide bonds. The van der Waals surface area contributed by atoms with Crippen LogP contribution in [0.25, 0.3) is 88.1 Å². The van der Waals surface area contributed by atoms with E-state index in [1.54, 1.807) is 48.6 Å². The molecule has 9 aliphatic rings. The van der Waals surface area contributed by atoms with Crippen molar-refractivity contribution < 1.29 is 18.3 Å². The minimum Gasteiger partial charge on any atom is -0.200 e. The van der Waals surface area contributed by atoms with Crippen molar-refractivity contribution in [1.29, 1.82) is 0 Å². The van der Waals surface area contributed by atoms with Crippen LogP contribution in [0.3, 0.4) is 0 Å². The second kappa shape index (κ2) is 37.5. The first-order valence-electron chi connectivity index (χ1n) is 51.4. The van der Waals surface area contributed by atoms with Gasteiger partial charge in [-0.1, -0.05) is 306 Å². The number of pyridine rings is 4. The van der Waals surface area contributed by atoms with E-state index in [0.29, 0.717) is 0 Å². The molecule has 0 aliphatic heterocycles. The standard InChI is InChI=1S/C33H44NSi.2C29H38NSi.C28H36NSi/c1-23-31(25-12-7-8-13-25)21-27(24-10-5-6-11-24)22-32(23)33-30-17-16-29(20-26(30)18-19-34(33)2)35(3,4)28-14-9-15-28;1-20-17-24(22-9-6-7-10-22)19-28(21(20)2)29-27-14-13-26(18-23(27)15-16-30(29)3)31(4,5)25-11-8-12-25;1-21-13-14-23(22-9-6-5-7-10-22)20-28(21)29-27-16-15-26(19-24(27)17-18-30(29)2)31(3,4)25-11-8-12-25;1-20-12-13-22(21-8-5-6-9-21)19-27(20)28-26-15-14-25(18-23(26)16-17-29(28)2)30(3,4)24-10-7-11-24/h16-22,24-25,28H,5-15H2,1-4H3;13-19,22,25H,6-12H2,1-5H3;13-20,22,25H,5-12H2,1-4H3;12-19,21,24H,5-11H2,1-4H3/q4*+1. The molecule has 8 heteroatoms.